The maximum Gasteiger partial charge on any atom is 0.410 e. The second kappa shape index (κ2) is 8.41. The summed E-state index contributed by atoms with van der Waals surface area (Å²) in [5, 5.41) is 8.20. The average Bonchev–Trinajstić information content (AvgIpc) is 3.16. The van der Waals surface area contributed by atoms with Gasteiger partial charge in [0.15, 0.2) is 5.65 Å². The van der Waals surface area contributed by atoms with Crippen molar-refractivity contribution in [1.82, 2.24) is 24.5 Å². The minimum Gasteiger partial charge on any atom is -0.481 e. The number of carbonyl (C=O) groups is 1. The SMILES string of the molecule is COc1ncccc1-c1cnc2ccc(N[C@@H]3CCCN(C(=O)OC(C)(C)C)C3)nn12. The molecule has 1 aliphatic heterocycles. The first-order chi connectivity index (χ1) is 14.8. The Balaban J connectivity index is 1.53. The number of likely N-dealkylation sites (tertiary alicyclic amines) is 1. The van der Waals surface area contributed by atoms with E-state index in [0.29, 0.717) is 24.8 Å². The van der Waals surface area contributed by atoms with Crippen molar-refractivity contribution in [3.8, 4) is 17.1 Å². The monoisotopic (exact) mass is 424 g/mol. The standard InChI is InChI=1S/C22H28N6O3/c1-22(2,3)31-21(29)27-12-6-7-15(14-27)25-18-9-10-19-24-13-17(28(19)26-18)16-8-5-11-23-20(16)30-4/h5,8-11,13,15H,6-7,12,14H2,1-4H3,(H,25,26)/t15-/m1/s1. The van der Waals surface area contributed by atoms with Crippen molar-refractivity contribution < 1.29 is 14.3 Å². The van der Waals surface area contributed by atoms with Crippen molar-refractivity contribution in [2.45, 2.75) is 45.3 Å². The topological polar surface area (TPSA) is 93.9 Å². The van der Waals surface area contributed by atoms with Crippen molar-refractivity contribution in [2.24, 2.45) is 0 Å². The highest BCUT2D eigenvalue weighted by molar-refractivity contribution is 5.69. The second-order valence-corrected chi connectivity index (χ2v) is 8.60. The van der Waals surface area contributed by atoms with E-state index in [4.69, 9.17) is 14.6 Å². The molecule has 0 spiro atoms. The molecule has 4 heterocycles. The van der Waals surface area contributed by atoms with Gasteiger partial charge in [0.1, 0.15) is 11.4 Å². The number of nitrogens with one attached hydrogen (secondary N) is 1. The Morgan fingerprint density at radius 1 is 1.23 bits per heavy atom. The van der Waals surface area contributed by atoms with E-state index in [1.54, 1.807) is 28.9 Å². The Morgan fingerprint density at radius 2 is 2.06 bits per heavy atom. The molecule has 0 saturated carbocycles. The summed E-state index contributed by atoms with van der Waals surface area (Å²) < 4.78 is 12.7. The molecule has 1 saturated heterocycles. The first-order valence-corrected chi connectivity index (χ1v) is 10.4. The summed E-state index contributed by atoms with van der Waals surface area (Å²) in [5.41, 5.74) is 1.83. The van der Waals surface area contributed by atoms with Crippen LogP contribution in [0.25, 0.3) is 16.9 Å². The Kier molecular flexibility index (Phi) is 5.67. The molecule has 3 aromatic heterocycles. The molecule has 31 heavy (non-hydrogen) atoms. The smallest absolute Gasteiger partial charge is 0.410 e. The van der Waals surface area contributed by atoms with E-state index in [-0.39, 0.29) is 12.1 Å². The summed E-state index contributed by atoms with van der Waals surface area (Å²) >= 11 is 0. The van der Waals surface area contributed by atoms with Crippen molar-refractivity contribution in [2.75, 3.05) is 25.5 Å². The molecule has 0 radical (unpaired) electrons. The summed E-state index contributed by atoms with van der Waals surface area (Å²) in [7, 11) is 1.59. The third kappa shape index (κ3) is 4.70. The summed E-state index contributed by atoms with van der Waals surface area (Å²) in [4.78, 5) is 22.9. The molecule has 3 aromatic rings. The predicted octanol–water partition coefficient (Wildman–Crippen LogP) is 3.61. The maximum atomic E-state index is 12.4. The minimum atomic E-state index is -0.505. The van der Waals surface area contributed by atoms with Gasteiger partial charge in [0.25, 0.3) is 0 Å². The van der Waals surface area contributed by atoms with Gasteiger partial charge in [0.2, 0.25) is 5.88 Å². The fourth-order valence-electron chi connectivity index (χ4n) is 3.68. The quantitative estimate of drug-likeness (QED) is 0.684. The lowest BCUT2D eigenvalue weighted by Crippen LogP contribution is -2.47. The summed E-state index contributed by atoms with van der Waals surface area (Å²) in [5.74, 6) is 1.23. The van der Waals surface area contributed by atoms with E-state index in [9.17, 15) is 4.79 Å². The fraction of sp³-hybridized carbons (Fsp3) is 0.455. The Bertz CT molecular complexity index is 1070. The molecule has 164 valence electrons. The third-order valence-corrected chi connectivity index (χ3v) is 5.03. The molecule has 9 heteroatoms. The van der Waals surface area contributed by atoms with Gasteiger partial charge in [-0.15, -0.1) is 5.10 Å². The maximum absolute atomic E-state index is 12.4. The van der Waals surface area contributed by atoms with E-state index in [0.717, 1.165) is 29.7 Å². The molecule has 0 aliphatic carbocycles. The minimum absolute atomic E-state index is 0.0890. The molecule has 4 rings (SSSR count). The lowest BCUT2D eigenvalue weighted by molar-refractivity contribution is 0.0206. The van der Waals surface area contributed by atoms with Crippen LogP contribution in [0.3, 0.4) is 0 Å². The number of amides is 1. The molecule has 0 bridgehead atoms. The van der Waals surface area contributed by atoms with Gasteiger partial charge in [0, 0.05) is 25.3 Å². The van der Waals surface area contributed by atoms with E-state index in [2.05, 4.69) is 15.3 Å². The largest absolute Gasteiger partial charge is 0.481 e. The van der Waals surface area contributed by atoms with Gasteiger partial charge in [-0.2, -0.15) is 0 Å². The first-order valence-electron chi connectivity index (χ1n) is 10.4. The average molecular weight is 425 g/mol. The van der Waals surface area contributed by atoms with Crippen LogP contribution in [0.15, 0.2) is 36.7 Å². The van der Waals surface area contributed by atoms with Crippen LogP contribution >= 0.6 is 0 Å². The number of piperidine rings is 1. The molecule has 1 amide bonds. The van der Waals surface area contributed by atoms with Gasteiger partial charge in [-0.25, -0.2) is 19.3 Å². The summed E-state index contributed by atoms with van der Waals surface area (Å²) in [6.07, 6.45) is 5.03. The predicted molar refractivity (Wildman–Crippen MR) is 117 cm³/mol. The number of rotatable bonds is 4. The normalized spacial score (nSPS) is 16.9. The number of methoxy groups -OCH3 is 1. The van der Waals surface area contributed by atoms with E-state index in [1.807, 2.05) is 45.0 Å². The van der Waals surface area contributed by atoms with Gasteiger partial charge in [-0.3, -0.25) is 0 Å². The lowest BCUT2D eigenvalue weighted by Gasteiger charge is -2.34. The van der Waals surface area contributed by atoms with Gasteiger partial charge >= 0.3 is 6.09 Å². The molecule has 1 atom stereocenters. The van der Waals surface area contributed by atoms with Crippen molar-refractivity contribution >= 4 is 17.6 Å². The summed E-state index contributed by atoms with van der Waals surface area (Å²) in [6, 6.07) is 7.68. The molecular formula is C22H28N6O3. The summed E-state index contributed by atoms with van der Waals surface area (Å²) in [6.45, 7) is 6.91. The van der Waals surface area contributed by atoms with Gasteiger partial charge in [0.05, 0.1) is 24.6 Å². The highest BCUT2D eigenvalue weighted by atomic mass is 16.6. The van der Waals surface area contributed by atoms with Crippen LogP contribution < -0.4 is 10.1 Å². The number of ether oxygens (including phenoxy) is 2. The third-order valence-electron chi connectivity index (χ3n) is 5.03. The number of imidazole rings is 1. The van der Waals surface area contributed by atoms with Crippen LogP contribution in [-0.2, 0) is 4.74 Å². The highest BCUT2D eigenvalue weighted by Gasteiger charge is 2.28. The molecule has 1 N–H and O–H groups in total. The number of anilines is 1. The van der Waals surface area contributed by atoms with Crippen molar-refractivity contribution in [3.63, 3.8) is 0 Å². The van der Waals surface area contributed by atoms with Crippen LogP contribution in [0.1, 0.15) is 33.6 Å². The molecular weight excluding hydrogens is 396 g/mol. The zero-order valence-corrected chi connectivity index (χ0v) is 18.3. The van der Waals surface area contributed by atoms with Crippen LogP contribution in [0.5, 0.6) is 5.88 Å². The molecule has 1 aliphatic rings. The number of hydrogen-bond donors (Lipinski definition) is 1. The van der Waals surface area contributed by atoms with E-state index < -0.39 is 5.60 Å². The van der Waals surface area contributed by atoms with Crippen molar-refractivity contribution in [1.29, 1.82) is 0 Å². The number of hydrogen-bond acceptors (Lipinski definition) is 7. The zero-order chi connectivity index (χ0) is 22.0. The number of aromatic nitrogens is 4. The Morgan fingerprint density at radius 3 is 2.84 bits per heavy atom. The van der Waals surface area contributed by atoms with Gasteiger partial charge in [-0.05, 0) is 57.9 Å². The number of fused-ring (bicyclic) bond motifs is 1. The number of pyridine rings is 1. The number of nitrogens with zero attached hydrogens (tertiary/aromatic N) is 5. The van der Waals surface area contributed by atoms with Crippen LogP contribution in [0.2, 0.25) is 0 Å². The molecule has 0 unspecified atom stereocenters. The second-order valence-electron chi connectivity index (χ2n) is 8.60. The first kappa shape index (κ1) is 20.9. The van der Waals surface area contributed by atoms with Crippen molar-refractivity contribution in [3.05, 3.63) is 36.7 Å². The molecule has 0 aromatic carbocycles. The van der Waals surface area contributed by atoms with Crippen LogP contribution in [-0.4, -0.2) is 62.4 Å². The lowest BCUT2D eigenvalue weighted by atomic mass is 10.1. The van der Waals surface area contributed by atoms with Crippen LogP contribution in [0, 0.1) is 0 Å². The van der Waals surface area contributed by atoms with Gasteiger partial charge in [-0.1, -0.05) is 0 Å². The van der Waals surface area contributed by atoms with E-state index in [1.165, 1.54) is 0 Å². The Labute approximate surface area is 181 Å². The van der Waals surface area contributed by atoms with E-state index >= 15 is 0 Å². The molecule has 1 fully saturated rings. The highest BCUT2D eigenvalue weighted by Crippen LogP contribution is 2.28. The Hall–Kier alpha value is -3.36. The molecule has 9 nitrogen and oxygen atoms in total. The number of carbonyl (C=O) groups excluding carboxylic acids is 1. The van der Waals surface area contributed by atoms with Crippen LogP contribution in [0.4, 0.5) is 10.6 Å². The zero-order valence-electron chi connectivity index (χ0n) is 18.3. The fourth-order valence-corrected chi connectivity index (χ4v) is 3.68. The van der Waals surface area contributed by atoms with Gasteiger partial charge < -0.3 is 19.7 Å².